The van der Waals surface area contributed by atoms with Crippen LogP contribution in [0.3, 0.4) is 0 Å². The lowest BCUT2D eigenvalue weighted by Gasteiger charge is -2.45. The number of aromatic nitrogens is 2. The molecule has 1 aromatic rings. The number of carbonyl (C=O) groups is 2. The maximum atomic E-state index is 13.3. The number of morpholine rings is 1. The molecular weight excluding hydrogens is 348 g/mol. The average Bonchev–Trinajstić information content (AvgIpc) is 3.17. The molecule has 0 saturated carbocycles. The lowest BCUT2D eigenvalue weighted by atomic mass is 9.75. The Bertz CT molecular complexity index is 680. The van der Waals surface area contributed by atoms with Crippen LogP contribution >= 0.6 is 0 Å². The van der Waals surface area contributed by atoms with Crippen LogP contribution in [-0.2, 0) is 25.5 Å². The number of rotatable bonds is 4. The minimum Gasteiger partial charge on any atom is -0.378 e. The molecule has 0 unspecified atom stereocenters. The van der Waals surface area contributed by atoms with E-state index >= 15 is 0 Å². The summed E-state index contributed by atoms with van der Waals surface area (Å²) in [6.07, 6.45) is 7.29. The van der Waals surface area contributed by atoms with Crippen molar-refractivity contribution in [3.63, 3.8) is 0 Å². The molecule has 2 amide bonds. The largest absolute Gasteiger partial charge is 0.378 e. The topological polar surface area (TPSA) is 84.9 Å². The Labute approximate surface area is 158 Å². The molecule has 0 aliphatic carbocycles. The van der Waals surface area contributed by atoms with Crippen molar-refractivity contribution in [1.29, 1.82) is 0 Å². The van der Waals surface area contributed by atoms with E-state index in [-0.39, 0.29) is 17.9 Å². The maximum Gasteiger partial charge on any atom is 0.233 e. The van der Waals surface area contributed by atoms with Gasteiger partial charge in [-0.15, -0.1) is 0 Å². The molecule has 0 N–H and O–H groups in total. The number of aryl methyl sites for hydroxylation is 1. The summed E-state index contributed by atoms with van der Waals surface area (Å²) in [6.45, 7) is 4.09. The van der Waals surface area contributed by atoms with E-state index in [0.29, 0.717) is 65.3 Å². The third-order valence-corrected chi connectivity index (χ3v) is 5.94. The van der Waals surface area contributed by atoms with Crippen molar-refractivity contribution in [3.05, 3.63) is 24.3 Å². The highest BCUT2D eigenvalue weighted by Crippen LogP contribution is 2.42. The van der Waals surface area contributed by atoms with Gasteiger partial charge in [0.05, 0.1) is 24.7 Å². The zero-order valence-electron chi connectivity index (χ0n) is 15.5. The molecule has 0 spiro atoms. The minimum absolute atomic E-state index is 0.0818. The van der Waals surface area contributed by atoms with Crippen molar-refractivity contribution in [3.8, 4) is 0 Å². The average molecular weight is 374 g/mol. The minimum atomic E-state index is -0.596. The van der Waals surface area contributed by atoms with Gasteiger partial charge in [0.1, 0.15) is 6.33 Å². The Kier molecular flexibility index (Phi) is 5.36. The second kappa shape index (κ2) is 7.90. The highest BCUT2D eigenvalue weighted by molar-refractivity contribution is 5.86. The van der Waals surface area contributed by atoms with E-state index in [1.54, 1.807) is 12.4 Å². The van der Waals surface area contributed by atoms with Crippen LogP contribution in [0.2, 0.25) is 0 Å². The van der Waals surface area contributed by atoms with Crippen molar-refractivity contribution in [2.75, 3.05) is 46.0 Å². The molecule has 3 saturated heterocycles. The Morgan fingerprint density at radius 1 is 1.11 bits per heavy atom. The molecule has 0 radical (unpaired) electrons. The molecule has 4 heterocycles. The Hall–Kier alpha value is -2.06. The van der Waals surface area contributed by atoms with Crippen molar-refractivity contribution in [2.24, 2.45) is 5.41 Å². The molecule has 27 heavy (non-hydrogen) atoms. The zero-order valence-corrected chi connectivity index (χ0v) is 15.5. The molecule has 146 valence electrons. The van der Waals surface area contributed by atoms with Crippen LogP contribution < -0.4 is 0 Å². The number of fused-ring (bicyclic) bond motifs is 1. The van der Waals surface area contributed by atoms with E-state index in [0.717, 1.165) is 12.0 Å². The summed E-state index contributed by atoms with van der Waals surface area (Å²) in [5.41, 5.74) is 0.352. The predicted molar refractivity (Wildman–Crippen MR) is 95.7 cm³/mol. The molecule has 0 bridgehead atoms. The van der Waals surface area contributed by atoms with Gasteiger partial charge in [-0.2, -0.15) is 0 Å². The van der Waals surface area contributed by atoms with E-state index in [2.05, 4.69) is 9.97 Å². The first-order valence-corrected chi connectivity index (χ1v) is 9.69. The predicted octanol–water partition coefficient (Wildman–Crippen LogP) is 0.276. The highest BCUT2D eigenvalue weighted by atomic mass is 16.5. The van der Waals surface area contributed by atoms with Crippen LogP contribution in [-0.4, -0.2) is 83.7 Å². The van der Waals surface area contributed by atoms with Crippen LogP contribution in [0.1, 0.15) is 24.8 Å². The van der Waals surface area contributed by atoms with Crippen molar-refractivity contribution in [1.82, 2.24) is 19.8 Å². The lowest BCUT2D eigenvalue weighted by molar-refractivity contribution is -0.157. The Morgan fingerprint density at radius 2 is 1.89 bits per heavy atom. The summed E-state index contributed by atoms with van der Waals surface area (Å²) in [4.78, 5) is 37.9. The molecular formula is C19H26N4O4. The fraction of sp³-hybridized carbons (Fsp3) is 0.684. The molecule has 4 rings (SSSR count). The number of piperidine rings is 1. The zero-order chi connectivity index (χ0) is 18.7. The smallest absolute Gasteiger partial charge is 0.233 e. The number of amides is 2. The van der Waals surface area contributed by atoms with E-state index in [1.165, 1.54) is 6.33 Å². The van der Waals surface area contributed by atoms with Crippen molar-refractivity contribution in [2.45, 2.75) is 31.8 Å². The summed E-state index contributed by atoms with van der Waals surface area (Å²) < 4.78 is 11.3. The van der Waals surface area contributed by atoms with E-state index in [1.807, 2.05) is 9.80 Å². The number of nitrogens with zero attached hydrogens (tertiary/aromatic N) is 4. The Balaban J connectivity index is 1.43. The number of likely N-dealkylation sites (tertiary alicyclic amines) is 1. The summed E-state index contributed by atoms with van der Waals surface area (Å²) in [5.74, 6) is 0.209. The van der Waals surface area contributed by atoms with Crippen LogP contribution in [0.25, 0.3) is 0 Å². The normalized spacial score (nSPS) is 28.1. The van der Waals surface area contributed by atoms with Gasteiger partial charge in [0.15, 0.2) is 0 Å². The van der Waals surface area contributed by atoms with Crippen molar-refractivity contribution >= 4 is 11.8 Å². The molecule has 3 aliphatic heterocycles. The van der Waals surface area contributed by atoms with Gasteiger partial charge in [0, 0.05) is 51.6 Å². The SMILES string of the molecule is O=C(CCc1cncnc1)N1CC[C@H]2OCC[C@@]2(C(=O)N2CCOCC2)C1. The monoisotopic (exact) mass is 374 g/mol. The van der Waals surface area contributed by atoms with Crippen LogP contribution in [0.5, 0.6) is 0 Å². The fourth-order valence-electron chi connectivity index (χ4n) is 4.41. The number of ether oxygens (including phenoxy) is 2. The van der Waals surface area contributed by atoms with Gasteiger partial charge in [-0.1, -0.05) is 0 Å². The molecule has 3 aliphatic rings. The van der Waals surface area contributed by atoms with Crippen LogP contribution in [0.4, 0.5) is 0 Å². The summed E-state index contributed by atoms with van der Waals surface area (Å²) in [5, 5.41) is 0. The maximum absolute atomic E-state index is 13.3. The van der Waals surface area contributed by atoms with Gasteiger partial charge in [-0.3, -0.25) is 9.59 Å². The number of hydrogen-bond donors (Lipinski definition) is 0. The first-order chi connectivity index (χ1) is 13.2. The van der Waals surface area contributed by atoms with Crippen LogP contribution in [0, 0.1) is 5.41 Å². The first kappa shape index (κ1) is 18.3. The fourth-order valence-corrected chi connectivity index (χ4v) is 4.41. The van der Waals surface area contributed by atoms with Gasteiger partial charge < -0.3 is 19.3 Å². The standard InChI is InChI=1S/C19H26N4O4/c24-17(2-1-15-11-20-14-21-12-15)23-5-3-16-19(13-23,4-8-27-16)18(25)22-6-9-26-10-7-22/h11-12,14,16H,1-10,13H2/t16-,19-/m1/s1. The molecule has 8 nitrogen and oxygen atoms in total. The van der Waals surface area contributed by atoms with Gasteiger partial charge >= 0.3 is 0 Å². The molecule has 2 atom stereocenters. The van der Waals surface area contributed by atoms with E-state index < -0.39 is 5.41 Å². The van der Waals surface area contributed by atoms with E-state index in [4.69, 9.17) is 9.47 Å². The Morgan fingerprint density at radius 3 is 2.67 bits per heavy atom. The van der Waals surface area contributed by atoms with Gasteiger partial charge in [0.2, 0.25) is 11.8 Å². The van der Waals surface area contributed by atoms with Crippen molar-refractivity contribution < 1.29 is 19.1 Å². The number of hydrogen-bond acceptors (Lipinski definition) is 6. The van der Waals surface area contributed by atoms with Crippen LogP contribution in [0.15, 0.2) is 18.7 Å². The third-order valence-electron chi connectivity index (χ3n) is 5.94. The van der Waals surface area contributed by atoms with Gasteiger partial charge in [0.25, 0.3) is 0 Å². The number of carbonyl (C=O) groups excluding carboxylic acids is 2. The molecule has 1 aromatic heterocycles. The highest BCUT2D eigenvalue weighted by Gasteiger charge is 2.55. The van der Waals surface area contributed by atoms with Gasteiger partial charge in [-0.25, -0.2) is 9.97 Å². The third kappa shape index (κ3) is 3.68. The summed E-state index contributed by atoms with van der Waals surface area (Å²) >= 11 is 0. The molecule has 0 aromatic carbocycles. The second-order valence-electron chi connectivity index (χ2n) is 7.52. The summed E-state index contributed by atoms with van der Waals surface area (Å²) in [7, 11) is 0. The summed E-state index contributed by atoms with van der Waals surface area (Å²) in [6, 6.07) is 0. The molecule has 3 fully saturated rings. The lowest BCUT2D eigenvalue weighted by Crippen LogP contribution is -2.60. The first-order valence-electron chi connectivity index (χ1n) is 9.69. The van der Waals surface area contributed by atoms with Gasteiger partial charge in [-0.05, 0) is 24.8 Å². The van der Waals surface area contributed by atoms with E-state index in [9.17, 15) is 9.59 Å². The second-order valence-corrected chi connectivity index (χ2v) is 7.52. The quantitative estimate of drug-likeness (QED) is 0.752. The molecule has 8 heteroatoms.